The number of likely N-dealkylation sites (N-methyl/N-ethyl adjacent to an activating group) is 1. The van der Waals surface area contributed by atoms with Gasteiger partial charge in [-0.25, -0.2) is 0 Å². The lowest BCUT2D eigenvalue weighted by Crippen LogP contribution is -2.35. The first-order valence-electron chi connectivity index (χ1n) is 6.16. The largest absolute Gasteiger partial charge is 0.377 e. The van der Waals surface area contributed by atoms with Gasteiger partial charge in [0.25, 0.3) is 0 Å². The topological polar surface area (TPSA) is 30.5 Å². The van der Waals surface area contributed by atoms with Gasteiger partial charge in [0.05, 0.1) is 25.9 Å². The van der Waals surface area contributed by atoms with Crippen molar-refractivity contribution >= 4 is 0 Å². The highest BCUT2D eigenvalue weighted by molar-refractivity contribution is 4.85. The summed E-state index contributed by atoms with van der Waals surface area (Å²) in [5.41, 5.74) is 0. The monoisotopic (exact) mass is 215 g/mol. The minimum atomic E-state index is 0.307. The van der Waals surface area contributed by atoms with Gasteiger partial charge in [0.15, 0.2) is 0 Å². The molecule has 90 valence electrons. The molecule has 0 aliphatic heterocycles. The summed E-state index contributed by atoms with van der Waals surface area (Å²) in [4.78, 5) is 0. The SMILES string of the molecule is CCNC(COCCOC(C)C)C1CC1. The van der Waals surface area contributed by atoms with Gasteiger partial charge in [-0.15, -0.1) is 0 Å². The van der Waals surface area contributed by atoms with Crippen molar-refractivity contribution in [3.63, 3.8) is 0 Å². The first-order valence-corrected chi connectivity index (χ1v) is 6.16. The third kappa shape index (κ3) is 6.13. The molecule has 0 heterocycles. The molecule has 0 spiro atoms. The highest BCUT2D eigenvalue weighted by Gasteiger charge is 2.30. The first kappa shape index (κ1) is 12.9. The summed E-state index contributed by atoms with van der Waals surface area (Å²) in [6.45, 7) is 9.54. The van der Waals surface area contributed by atoms with Crippen LogP contribution in [0.5, 0.6) is 0 Å². The van der Waals surface area contributed by atoms with E-state index in [9.17, 15) is 0 Å². The number of ether oxygens (including phenoxy) is 2. The maximum Gasteiger partial charge on any atom is 0.0703 e. The van der Waals surface area contributed by atoms with Crippen molar-refractivity contribution in [2.45, 2.75) is 45.8 Å². The molecule has 1 aliphatic rings. The van der Waals surface area contributed by atoms with Crippen LogP contribution in [0.3, 0.4) is 0 Å². The summed E-state index contributed by atoms with van der Waals surface area (Å²) < 4.78 is 11.0. The van der Waals surface area contributed by atoms with E-state index >= 15 is 0 Å². The lowest BCUT2D eigenvalue weighted by molar-refractivity contribution is 0.0125. The zero-order valence-corrected chi connectivity index (χ0v) is 10.3. The summed E-state index contributed by atoms with van der Waals surface area (Å²) in [5.74, 6) is 0.857. The van der Waals surface area contributed by atoms with E-state index in [2.05, 4.69) is 12.2 Å². The van der Waals surface area contributed by atoms with E-state index in [1.165, 1.54) is 12.8 Å². The van der Waals surface area contributed by atoms with Crippen molar-refractivity contribution in [1.29, 1.82) is 0 Å². The van der Waals surface area contributed by atoms with Crippen molar-refractivity contribution in [3.05, 3.63) is 0 Å². The second kappa shape index (κ2) is 7.20. The zero-order valence-electron chi connectivity index (χ0n) is 10.3. The molecule has 1 saturated carbocycles. The van der Waals surface area contributed by atoms with Crippen LogP contribution in [0.1, 0.15) is 33.6 Å². The Hall–Kier alpha value is -0.120. The van der Waals surface area contributed by atoms with Gasteiger partial charge < -0.3 is 14.8 Å². The smallest absolute Gasteiger partial charge is 0.0703 e. The Balaban J connectivity index is 1.96. The Morgan fingerprint density at radius 2 is 2.00 bits per heavy atom. The van der Waals surface area contributed by atoms with Crippen LogP contribution in [0.4, 0.5) is 0 Å². The fourth-order valence-electron chi connectivity index (χ4n) is 1.68. The van der Waals surface area contributed by atoms with E-state index in [0.29, 0.717) is 25.4 Å². The minimum Gasteiger partial charge on any atom is -0.377 e. The van der Waals surface area contributed by atoms with E-state index in [-0.39, 0.29) is 0 Å². The maximum absolute atomic E-state index is 5.61. The van der Waals surface area contributed by atoms with Gasteiger partial charge in [-0.05, 0) is 39.2 Å². The average Bonchev–Trinajstić information content (AvgIpc) is 2.98. The van der Waals surface area contributed by atoms with E-state index in [0.717, 1.165) is 19.1 Å². The van der Waals surface area contributed by atoms with Crippen LogP contribution in [0, 0.1) is 5.92 Å². The van der Waals surface area contributed by atoms with Crippen molar-refractivity contribution in [3.8, 4) is 0 Å². The summed E-state index contributed by atoms with van der Waals surface area (Å²) >= 11 is 0. The lowest BCUT2D eigenvalue weighted by atomic mass is 10.2. The Labute approximate surface area is 93.5 Å². The highest BCUT2D eigenvalue weighted by Crippen LogP contribution is 2.32. The Kier molecular flexibility index (Phi) is 6.22. The van der Waals surface area contributed by atoms with Gasteiger partial charge >= 0.3 is 0 Å². The van der Waals surface area contributed by atoms with Gasteiger partial charge in [0.1, 0.15) is 0 Å². The lowest BCUT2D eigenvalue weighted by Gasteiger charge is -2.17. The molecule has 1 fully saturated rings. The van der Waals surface area contributed by atoms with Crippen LogP contribution in [0.25, 0.3) is 0 Å². The number of rotatable bonds is 9. The fourth-order valence-corrected chi connectivity index (χ4v) is 1.68. The second-order valence-corrected chi connectivity index (χ2v) is 4.50. The molecule has 0 radical (unpaired) electrons. The standard InChI is InChI=1S/C12H25NO2/c1-4-13-12(11-5-6-11)9-14-7-8-15-10(2)3/h10-13H,4-9H2,1-3H3. The zero-order chi connectivity index (χ0) is 11.1. The van der Waals surface area contributed by atoms with Crippen LogP contribution < -0.4 is 5.32 Å². The molecule has 3 heteroatoms. The molecule has 0 amide bonds. The molecule has 0 saturated heterocycles. The van der Waals surface area contributed by atoms with Crippen molar-refractivity contribution in [1.82, 2.24) is 5.32 Å². The molecule has 0 aromatic carbocycles. The molecular formula is C12H25NO2. The summed E-state index contributed by atoms with van der Waals surface area (Å²) in [6, 6.07) is 0.564. The molecule has 0 aromatic heterocycles. The molecule has 0 aromatic rings. The fraction of sp³-hybridized carbons (Fsp3) is 1.00. The molecule has 15 heavy (non-hydrogen) atoms. The summed E-state index contributed by atoms with van der Waals surface area (Å²) in [6.07, 6.45) is 3.04. The molecule has 3 nitrogen and oxygen atoms in total. The minimum absolute atomic E-state index is 0.307. The van der Waals surface area contributed by atoms with Gasteiger partial charge in [0, 0.05) is 6.04 Å². The van der Waals surface area contributed by atoms with Gasteiger partial charge in [-0.2, -0.15) is 0 Å². The quantitative estimate of drug-likeness (QED) is 0.595. The molecule has 1 N–H and O–H groups in total. The third-order valence-corrected chi connectivity index (χ3v) is 2.63. The highest BCUT2D eigenvalue weighted by atomic mass is 16.5. The summed E-state index contributed by atoms with van der Waals surface area (Å²) in [5, 5.41) is 3.48. The Bertz CT molecular complexity index is 158. The molecule has 1 unspecified atom stereocenters. The predicted molar refractivity (Wildman–Crippen MR) is 62.1 cm³/mol. The molecule has 0 bridgehead atoms. The van der Waals surface area contributed by atoms with E-state index in [1.54, 1.807) is 0 Å². The molecule has 1 aliphatic carbocycles. The predicted octanol–water partition coefficient (Wildman–Crippen LogP) is 1.82. The third-order valence-electron chi connectivity index (χ3n) is 2.63. The molecular weight excluding hydrogens is 190 g/mol. The van der Waals surface area contributed by atoms with Crippen molar-refractivity contribution in [2.75, 3.05) is 26.4 Å². The molecule has 1 atom stereocenters. The van der Waals surface area contributed by atoms with Crippen molar-refractivity contribution < 1.29 is 9.47 Å². The van der Waals surface area contributed by atoms with Crippen LogP contribution >= 0.6 is 0 Å². The summed E-state index contributed by atoms with van der Waals surface area (Å²) in [7, 11) is 0. The van der Waals surface area contributed by atoms with Crippen LogP contribution in [0.2, 0.25) is 0 Å². The maximum atomic E-state index is 5.61. The van der Waals surface area contributed by atoms with Gasteiger partial charge in [-0.3, -0.25) is 0 Å². The average molecular weight is 215 g/mol. The first-order chi connectivity index (χ1) is 7.24. The van der Waals surface area contributed by atoms with Crippen LogP contribution in [0.15, 0.2) is 0 Å². The Morgan fingerprint density at radius 3 is 2.53 bits per heavy atom. The van der Waals surface area contributed by atoms with Gasteiger partial charge in [0.2, 0.25) is 0 Å². The van der Waals surface area contributed by atoms with Crippen molar-refractivity contribution in [2.24, 2.45) is 5.92 Å². The van der Waals surface area contributed by atoms with Crippen LogP contribution in [-0.4, -0.2) is 38.5 Å². The number of hydrogen-bond acceptors (Lipinski definition) is 3. The normalized spacial score (nSPS) is 18.4. The number of nitrogens with one attached hydrogen (secondary N) is 1. The Morgan fingerprint density at radius 1 is 1.27 bits per heavy atom. The van der Waals surface area contributed by atoms with E-state index < -0.39 is 0 Å². The number of hydrogen-bond donors (Lipinski definition) is 1. The van der Waals surface area contributed by atoms with E-state index in [1.807, 2.05) is 13.8 Å². The van der Waals surface area contributed by atoms with Crippen LogP contribution in [-0.2, 0) is 9.47 Å². The molecule has 1 rings (SSSR count). The van der Waals surface area contributed by atoms with Gasteiger partial charge in [-0.1, -0.05) is 6.92 Å². The second-order valence-electron chi connectivity index (χ2n) is 4.50. The van der Waals surface area contributed by atoms with E-state index in [4.69, 9.17) is 9.47 Å².